The summed E-state index contributed by atoms with van der Waals surface area (Å²) in [7, 11) is 1.46. The van der Waals surface area contributed by atoms with Gasteiger partial charge >= 0.3 is 0 Å². The number of rotatable bonds is 6. The van der Waals surface area contributed by atoms with Crippen LogP contribution in [-0.2, 0) is 10.3 Å². The largest absolute Gasteiger partial charge is 0.504 e. The Morgan fingerprint density at radius 3 is 2.68 bits per heavy atom. The summed E-state index contributed by atoms with van der Waals surface area (Å²) >= 11 is 0. The summed E-state index contributed by atoms with van der Waals surface area (Å²) in [5.41, 5.74) is 5.19. The summed E-state index contributed by atoms with van der Waals surface area (Å²) in [5, 5.41) is 12.8. The van der Waals surface area contributed by atoms with Gasteiger partial charge in [-0.1, -0.05) is 13.0 Å². The highest BCUT2D eigenvalue weighted by Crippen LogP contribution is 2.31. The Balaban J connectivity index is 3.22. The zero-order valence-electron chi connectivity index (χ0n) is 11.9. The molecule has 0 aromatic heterocycles. The smallest absolute Gasteiger partial charge is 0.242 e. The molecule has 0 fully saturated rings. The lowest BCUT2D eigenvalue weighted by Crippen LogP contribution is -2.53. The molecule has 0 aliphatic rings. The third-order valence-electron chi connectivity index (χ3n) is 3.40. The van der Waals surface area contributed by atoms with Crippen molar-refractivity contribution in [2.24, 2.45) is 5.73 Å². The second-order valence-corrected chi connectivity index (χ2v) is 4.83. The molecule has 1 amide bonds. The number of amides is 1. The number of carbonyl (C=O) groups excluding carboxylic acids is 1. The number of benzene rings is 1. The highest BCUT2D eigenvalue weighted by atomic mass is 16.5. The molecule has 19 heavy (non-hydrogen) atoms. The molecule has 0 saturated carbocycles. The Morgan fingerprint density at radius 2 is 2.21 bits per heavy atom. The minimum absolute atomic E-state index is 0.0293. The molecule has 0 aliphatic heterocycles. The first-order chi connectivity index (χ1) is 8.85. The summed E-state index contributed by atoms with van der Waals surface area (Å²) in [6.07, 6.45) is 0.873. The maximum atomic E-state index is 11.8. The minimum atomic E-state index is -1.00. The van der Waals surface area contributed by atoms with Gasteiger partial charge in [-0.25, -0.2) is 0 Å². The van der Waals surface area contributed by atoms with Crippen molar-refractivity contribution in [3.63, 3.8) is 0 Å². The molecule has 1 aromatic carbocycles. The number of nitrogens with two attached hydrogens (primary N) is 1. The number of ether oxygens (including phenoxy) is 1. The normalized spacial score (nSPS) is 15.6. The van der Waals surface area contributed by atoms with Gasteiger partial charge in [0.1, 0.15) is 5.54 Å². The van der Waals surface area contributed by atoms with E-state index in [1.807, 2.05) is 13.8 Å². The van der Waals surface area contributed by atoms with Gasteiger partial charge in [0.25, 0.3) is 0 Å². The number of carbonyl (C=O) groups is 1. The molecule has 4 N–H and O–H groups in total. The van der Waals surface area contributed by atoms with E-state index in [2.05, 4.69) is 5.32 Å². The van der Waals surface area contributed by atoms with Crippen molar-refractivity contribution < 1.29 is 14.6 Å². The molecule has 0 aliphatic carbocycles. The molecular weight excluding hydrogens is 244 g/mol. The second-order valence-electron chi connectivity index (χ2n) is 4.83. The Labute approximate surface area is 113 Å². The number of aromatic hydroxyl groups is 1. The molecule has 0 saturated heterocycles. The van der Waals surface area contributed by atoms with Crippen LogP contribution in [0.1, 0.15) is 32.8 Å². The maximum absolute atomic E-state index is 11.8. The molecule has 0 spiro atoms. The molecule has 2 atom stereocenters. The maximum Gasteiger partial charge on any atom is 0.242 e. The summed E-state index contributed by atoms with van der Waals surface area (Å²) in [6, 6.07) is 4.92. The van der Waals surface area contributed by atoms with Gasteiger partial charge in [-0.2, -0.15) is 0 Å². The summed E-state index contributed by atoms with van der Waals surface area (Å²) in [5.74, 6) is -0.127. The number of hydrogen-bond donors (Lipinski definition) is 3. The molecule has 1 aromatic rings. The first kappa shape index (κ1) is 15.3. The molecule has 0 radical (unpaired) electrons. The first-order valence-electron chi connectivity index (χ1n) is 6.30. The van der Waals surface area contributed by atoms with Gasteiger partial charge in [-0.15, -0.1) is 0 Å². The van der Waals surface area contributed by atoms with Crippen LogP contribution in [0, 0.1) is 0 Å². The lowest BCUT2D eigenvalue weighted by atomic mass is 9.89. The third kappa shape index (κ3) is 3.17. The highest BCUT2D eigenvalue weighted by molar-refractivity contribution is 5.86. The van der Waals surface area contributed by atoms with Crippen molar-refractivity contribution in [3.8, 4) is 11.5 Å². The van der Waals surface area contributed by atoms with Crippen molar-refractivity contribution in [2.45, 2.75) is 38.8 Å². The number of methoxy groups -OCH3 is 1. The van der Waals surface area contributed by atoms with E-state index in [1.165, 1.54) is 13.2 Å². The van der Waals surface area contributed by atoms with E-state index in [0.717, 1.165) is 6.42 Å². The van der Waals surface area contributed by atoms with Gasteiger partial charge in [0.2, 0.25) is 5.91 Å². The van der Waals surface area contributed by atoms with Crippen LogP contribution in [0.25, 0.3) is 0 Å². The molecule has 1 rings (SSSR count). The molecule has 106 valence electrons. The van der Waals surface area contributed by atoms with Gasteiger partial charge in [0.15, 0.2) is 11.5 Å². The summed E-state index contributed by atoms with van der Waals surface area (Å²) in [6.45, 7) is 5.74. The predicted octanol–water partition coefficient (Wildman–Crippen LogP) is 1.49. The Kier molecular flexibility index (Phi) is 4.78. The quantitative estimate of drug-likeness (QED) is 0.728. The predicted molar refractivity (Wildman–Crippen MR) is 74.1 cm³/mol. The number of phenolic OH excluding ortho intramolecular Hbond substituents is 1. The molecular formula is C14H22N2O3. The van der Waals surface area contributed by atoms with Crippen molar-refractivity contribution in [3.05, 3.63) is 23.8 Å². The minimum Gasteiger partial charge on any atom is -0.504 e. The van der Waals surface area contributed by atoms with E-state index in [9.17, 15) is 9.90 Å². The Morgan fingerprint density at radius 1 is 1.58 bits per heavy atom. The van der Waals surface area contributed by atoms with E-state index in [0.29, 0.717) is 11.3 Å². The number of nitrogens with one attached hydrogen (secondary N) is 1. The zero-order valence-corrected chi connectivity index (χ0v) is 11.9. The fraction of sp³-hybridized carbons (Fsp3) is 0.500. The summed E-state index contributed by atoms with van der Waals surface area (Å²) in [4.78, 5) is 11.8. The molecule has 5 heteroatoms. The summed E-state index contributed by atoms with van der Waals surface area (Å²) < 4.78 is 5.06. The Bertz CT molecular complexity index is 462. The zero-order chi connectivity index (χ0) is 14.6. The molecule has 0 heterocycles. The number of primary amides is 1. The van der Waals surface area contributed by atoms with Crippen LogP contribution in [0.5, 0.6) is 11.5 Å². The lowest BCUT2D eigenvalue weighted by Gasteiger charge is -2.31. The van der Waals surface area contributed by atoms with Crippen LogP contribution in [0.15, 0.2) is 18.2 Å². The van der Waals surface area contributed by atoms with Crippen molar-refractivity contribution >= 4 is 5.91 Å². The standard InChI is InChI=1S/C14H22N2O3/c1-5-9(2)16-14(3,13(15)18)10-6-7-11(17)12(8-10)19-4/h6-9,16-17H,5H2,1-4H3,(H2,15,18). The van der Waals surface area contributed by atoms with Crippen LogP contribution in [-0.4, -0.2) is 24.2 Å². The van der Waals surface area contributed by atoms with Crippen LogP contribution >= 0.6 is 0 Å². The van der Waals surface area contributed by atoms with Gasteiger partial charge in [0, 0.05) is 6.04 Å². The van der Waals surface area contributed by atoms with Crippen LogP contribution < -0.4 is 15.8 Å². The van der Waals surface area contributed by atoms with Crippen LogP contribution in [0.2, 0.25) is 0 Å². The second kappa shape index (κ2) is 5.93. The van der Waals surface area contributed by atoms with Crippen molar-refractivity contribution in [1.82, 2.24) is 5.32 Å². The van der Waals surface area contributed by atoms with Gasteiger partial charge in [0.05, 0.1) is 7.11 Å². The van der Waals surface area contributed by atoms with E-state index in [1.54, 1.807) is 19.1 Å². The topological polar surface area (TPSA) is 84.6 Å². The SMILES string of the molecule is CCC(C)NC(C)(C(N)=O)c1ccc(O)c(OC)c1. The average molecular weight is 266 g/mol. The van der Waals surface area contributed by atoms with Gasteiger partial charge in [-0.05, 0) is 38.0 Å². The molecule has 0 bridgehead atoms. The van der Waals surface area contributed by atoms with Crippen LogP contribution in [0.3, 0.4) is 0 Å². The third-order valence-corrected chi connectivity index (χ3v) is 3.40. The first-order valence-corrected chi connectivity index (χ1v) is 6.30. The average Bonchev–Trinajstić information content (AvgIpc) is 2.38. The van der Waals surface area contributed by atoms with E-state index in [-0.39, 0.29) is 11.8 Å². The van der Waals surface area contributed by atoms with E-state index in [4.69, 9.17) is 10.5 Å². The fourth-order valence-electron chi connectivity index (χ4n) is 1.88. The van der Waals surface area contributed by atoms with Crippen molar-refractivity contribution in [1.29, 1.82) is 0 Å². The monoisotopic (exact) mass is 266 g/mol. The van der Waals surface area contributed by atoms with Gasteiger partial charge in [-0.3, -0.25) is 10.1 Å². The fourth-order valence-corrected chi connectivity index (χ4v) is 1.88. The highest BCUT2D eigenvalue weighted by Gasteiger charge is 2.34. The number of phenols is 1. The van der Waals surface area contributed by atoms with Gasteiger partial charge < -0.3 is 15.6 Å². The lowest BCUT2D eigenvalue weighted by molar-refractivity contribution is -0.124. The number of hydrogen-bond acceptors (Lipinski definition) is 4. The molecule has 5 nitrogen and oxygen atoms in total. The molecule has 2 unspecified atom stereocenters. The Hall–Kier alpha value is -1.75. The van der Waals surface area contributed by atoms with E-state index < -0.39 is 11.4 Å². The van der Waals surface area contributed by atoms with E-state index >= 15 is 0 Å². The van der Waals surface area contributed by atoms with Crippen molar-refractivity contribution in [2.75, 3.05) is 7.11 Å². The van der Waals surface area contributed by atoms with Crippen LogP contribution in [0.4, 0.5) is 0 Å².